The van der Waals surface area contributed by atoms with Crippen molar-refractivity contribution >= 4 is 0 Å². The van der Waals surface area contributed by atoms with Crippen molar-refractivity contribution in [1.29, 1.82) is 0 Å². The summed E-state index contributed by atoms with van der Waals surface area (Å²) >= 11 is 0. The number of hydrogen-bond acceptors (Lipinski definition) is 3. The normalized spacial score (nSPS) is 34.9. The Morgan fingerprint density at radius 1 is 1.00 bits per heavy atom. The molecule has 1 heterocycles. The van der Waals surface area contributed by atoms with Gasteiger partial charge in [0.2, 0.25) is 0 Å². The first-order valence-corrected chi connectivity index (χ1v) is 6.89. The number of hydrogen-bond donors (Lipinski definition) is 1. The summed E-state index contributed by atoms with van der Waals surface area (Å²) in [5.41, 5.74) is 0. The van der Waals surface area contributed by atoms with E-state index in [0.29, 0.717) is 0 Å². The summed E-state index contributed by atoms with van der Waals surface area (Å²) in [6, 6.07) is 1.61. The van der Waals surface area contributed by atoms with Crippen LogP contribution in [-0.4, -0.2) is 62.2 Å². The first-order valence-electron chi connectivity index (χ1n) is 6.89. The van der Waals surface area contributed by atoms with Crippen LogP contribution in [0.3, 0.4) is 0 Å². The predicted molar refractivity (Wildman–Crippen MR) is 68.8 cm³/mol. The van der Waals surface area contributed by atoms with E-state index in [1.54, 1.807) is 0 Å². The van der Waals surface area contributed by atoms with Crippen LogP contribution in [0.5, 0.6) is 0 Å². The van der Waals surface area contributed by atoms with Gasteiger partial charge in [0.15, 0.2) is 0 Å². The third-order valence-corrected chi connectivity index (χ3v) is 4.33. The lowest BCUT2D eigenvalue weighted by Gasteiger charge is -2.37. The summed E-state index contributed by atoms with van der Waals surface area (Å²) in [6.07, 6.45) is 6.91. The molecule has 0 amide bonds. The molecule has 0 aromatic rings. The first-order chi connectivity index (χ1) is 7.79. The molecule has 2 atom stereocenters. The van der Waals surface area contributed by atoms with Crippen molar-refractivity contribution in [2.75, 3.05) is 40.3 Å². The summed E-state index contributed by atoms with van der Waals surface area (Å²) in [5.74, 6) is 0. The molecule has 1 saturated heterocycles. The highest BCUT2D eigenvalue weighted by Gasteiger charge is 2.26. The summed E-state index contributed by atoms with van der Waals surface area (Å²) in [4.78, 5) is 5.21. The Hall–Kier alpha value is -0.120. The maximum Gasteiger partial charge on any atom is 0.0112 e. The van der Waals surface area contributed by atoms with Crippen molar-refractivity contribution < 1.29 is 0 Å². The third kappa shape index (κ3) is 3.19. The molecular formula is C13H27N3. The Bertz CT molecular complexity index is 207. The molecule has 1 saturated carbocycles. The largest absolute Gasteiger partial charge is 0.317 e. The van der Waals surface area contributed by atoms with Crippen molar-refractivity contribution in [1.82, 2.24) is 15.1 Å². The zero-order chi connectivity index (χ0) is 11.4. The topological polar surface area (TPSA) is 18.5 Å². The highest BCUT2D eigenvalue weighted by atomic mass is 15.2. The predicted octanol–water partition coefficient (Wildman–Crippen LogP) is 1.15. The average molecular weight is 225 g/mol. The smallest absolute Gasteiger partial charge is 0.0112 e. The fourth-order valence-electron chi connectivity index (χ4n) is 3.19. The zero-order valence-corrected chi connectivity index (χ0v) is 10.9. The molecule has 0 radical (unpaired) electrons. The lowest BCUT2D eigenvalue weighted by Crippen LogP contribution is -2.44. The summed E-state index contributed by atoms with van der Waals surface area (Å²) in [6.45, 7) is 5.11. The van der Waals surface area contributed by atoms with Crippen LogP contribution >= 0.6 is 0 Å². The van der Waals surface area contributed by atoms with Gasteiger partial charge in [-0.25, -0.2) is 0 Å². The van der Waals surface area contributed by atoms with E-state index in [1.165, 1.54) is 58.3 Å². The molecule has 94 valence electrons. The van der Waals surface area contributed by atoms with Gasteiger partial charge in [-0.3, -0.25) is 4.90 Å². The van der Waals surface area contributed by atoms with Crippen molar-refractivity contribution in [2.24, 2.45) is 0 Å². The molecule has 0 aromatic heterocycles. The van der Waals surface area contributed by atoms with Crippen LogP contribution in [-0.2, 0) is 0 Å². The Kier molecular flexibility index (Phi) is 4.62. The molecule has 2 aliphatic rings. The summed E-state index contributed by atoms with van der Waals surface area (Å²) in [7, 11) is 4.37. The molecule has 1 aliphatic carbocycles. The van der Waals surface area contributed by atoms with Crippen LogP contribution in [0.4, 0.5) is 0 Å². The van der Waals surface area contributed by atoms with E-state index in [4.69, 9.17) is 0 Å². The van der Waals surface area contributed by atoms with Crippen molar-refractivity contribution in [3.05, 3.63) is 0 Å². The second-order valence-corrected chi connectivity index (χ2v) is 5.50. The third-order valence-electron chi connectivity index (χ3n) is 4.33. The van der Waals surface area contributed by atoms with Gasteiger partial charge in [0, 0.05) is 25.2 Å². The van der Waals surface area contributed by atoms with Gasteiger partial charge in [-0.05, 0) is 52.9 Å². The fraction of sp³-hybridized carbons (Fsp3) is 1.00. The van der Waals surface area contributed by atoms with E-state index < -0.39 is 0 Å². The van der Waals surface area contributed by atoms with Crippen molar-refractivity contribution in [3.63, 3.8) is 0 Å². The van der Waals surface area contributed by atoms with Crippen LogP contribution in [0.2, 0.25) is 0 Å². The number of nitrogens with zero attached hydrogens (tertiary/aromatic N) is 2. The minimum atomic E-state index is 0.764. The molecule has 0 spiro atoms. The van der Waals surface area contributed by atoms with E-state index >= 15 is 0 Å². The van der Waals surface area contributed by atoms with Crippen LogP contribution in [0.15, 0.2) is 0 Å². The molecule has 0 bridgehead atoms. The van der Waals surface area contributed by atoms with Gasteiger partial charge in [-0.1, -0.05) is 6.42 Å². The highest BCUT2D eigenvalue weighted by molar-refractivity contribution is 4.84. The number of rotatable bonds is 2. The fourth-order valence-corrected chi connectivity index (χ4v) is 3.19. The van der Waals surface area contributed by atoms with Gasteiger partial charge in [-0.2, -0.15) is 0 Å². The SMILES string of the molecule is CNC1CCC[C@H](N2CCCN(C)CC2)C1. The Morgan fingerprint density at radius 3 is 2.69 bits per heavy atom. The summed E-state index contributed by atoms with van der Waals surface area (Å²) in [5, 5.41) is 3.46. The minimum Gasteiger partial charge on any atom is -0.317 e. The lowest BCUT2D eigenvalue weighted by molar-refractivity contribution is 0.146. The molecule has 0 aromatic carbocycles. The molecular weight excluding hydrogens is 198 g/mol. The van der Waals surface area contributed by atoms with Crippen molar-refractivity contribution in [2.45, 2.75) is 44.2 Å². The van der Waals surface area contributed by atoms with Crippen molar-refractivity contribution in [3.8, 4) is 0 Å². The Labute approximate surface area is 100 Å². The number of nitrogens with one attached hydrogen (secondary N) is 1. The number of likely N-dealkylation sites (N-methyl/N-ethyl adjacent to an activating group) is 1. The first kappa shape index (κ1) is 12.3. The maximum atomic E-state index is 3.46. The van der Waals surface area contributed by atoms with Gasteiger partial charge in [0.1, 0.15) is 0 Å². The molecule has 3 nitrogen and oxygen atoms in total. The molecule has 3 heteroatoms. The monoisotopic (exact) mass is 225 g/mol. The minimum absolute atomic E-state index is 0.764. The van der Waals surface area contributed by atoms with E-state index in [9.17, 15) is 0 Å². The van der Waals surface area contributed by atoms with Crippen LogP contribution in [0, 0.1) is 0 Å². The molecule has 1 aliphatic heterocycles. The standard InChI is InChI=1S/C13H27N3/c1-14-12-5-3-6-13(11-12)16-8-4-7-15(2)9-10-16/h12-14H,3-11H2,1-2H3/t12?,13-/m0/s1. The molecule has 2 rings (SSSR count). The second-order valence-electron chi connectivity index (χ2n) is 5.50. The highest BCUT2D eigenvalue weighted by Crippen LogP contribution is 2.23. The lowest BCUT2D eigenvalue weighted by atomic mass is 9.90. The molecule has 1 N–H and O–H groups in total. The van der Waals surface area contributed by atoms with Gasteiger partial charge in [-0.15, -0.1) is 0 Å². The molecule has 16 heavy (non-hydrogen) atoms. The van der Waals surface area contributed by atoms with E-state index in [1.807, 2.05) is 0 Å². The van der Waals surface area contributed by atoms with Crippen LogP contribution in [0.25, 0.3) is 0 Å². The summed E-state index contributed by atoms with van der Waals surface area (Å²) < 4.78 is 0. The second kappa shape index (κ2) is 5.99. The van der Waals surface area contributed by atoms with E-state index in [0.717, 1.165) is 12.1 Å². The molecule has 1 unspecified atom stereocenters. The zero-order valence-electron chi connectivity index (χ0n) is 10.9. The Morgan fingerprint density at radius 2 is 1.88 bits per heavy atom. The van der Waals surface area contributed by atoms with E-state index in [2.05, 4.69) is 29.2 Å². The van der Waals surface area contributed by atoms with Gasteiger partial charge < -0.3 is 10.2 Å². The maximum absolute atomic E-state index is 3.46. The van der Waals surface area contributed by atoms with E-state index in [-0.39, 0.29) is 0 Å². The quantitative estimate of drug-likeness (QED) is 0.761. The Balaban J connectivity index is 1.85. The van der Waals surface area contributed by atoms with Gasteiger partial charge in [0.25, 0.3) is 0 Å². The average Bonchev–Trinajstić information content (AvgIpc) is 2.54. The van der Waals surface area contributed by atoms with Gasteiger partial charge >= 0.3 is 0 Å². The van der Waals surface area contributed by atoms with Gasteiger partial charge in [0.05, 0.1) is 0 Å². The molecule has 2 fully saturated rings. The van der Waals surface area contributed by atoms with Crippen LogP contribution in [0.1, 0.15) is 32.1 Å². The van der Waals surface area contributed by atoms with Crippen LogP contribution < -0.4 is 5.32 Å².